The van der Waals surface area contributed by atoms with E-state index in [4.69, 9.17) is 9.47 Å². The summed E-state index contributed by atoms with van der Waals surface area (Å²) in [6.07, 6.45) is 5.10. The Balaban J connectivity index is 2.09. The fourth-order valence-electron chi connectivity index (χ4n) is 1.89. The van der Waals surface area contributed by atoms with Crippen molar-refractivity contribution in [3.8, 4) is 11.5 Å². The van der Waals surface area contributed by atoms with Crippen LogP contribution >= 0.6 is 0 Å². The molecule has 0 amide bonds. The number of benzene rings is 2. The summed E-state index contributed by atoms with van der Waals surface area (Å²) in [5.41, 5.74) is 1.44. The number of hydrogen-bond acceptors (Lipinski definition) is 5. The predicted molar refractivity (Wildman–Crippen MR) is 90.1 cm³/mol. The monoisotopic (exact) mass is 325 g/mol. The topological polar surface area (TPSA) is 78.7 Å². The van der Waals surface area contributed by atoms with Crippen molar-refractivity contribution in [1.82, 2.24) is 0 Å². The molecule has 0 bridgehead atoms. The van der Waals surface area contributed by atoms with E-state index in [1.165, 1.54) is 25.3 Å². The molecule has 0 aliphatic carbocycles. The molecule has 0 fully saturated rings. The first-order chi connectivity index (χ1) is 11.6. The smallest absolute Gasteiger partial charge is 0.336 e. The van der Waals surface area contributed by atoms with Crippen LogP contribution in [-0.2, 0) is 4.79 Å². The molecule has 2 rings (SSSR count). The van der Waals surface area contributed by atoms with Gasteiger partial charge in [0.05, 0.1) is 12.0 Å². The van der Waals surface area contributed by atoms with Gasteiger partial charge in [-0.1, -0.05) is 36.4 Å². The molecule has 0 spiro atoms. The molecule has 2 aromatic carbocycles. The highest BCUT2D eigenvalue weighted by molar-refractivity contribution is 5.89. The van der Waals surface area contributed by atoms with Crippen LogP contribution < -0.4 is 9.47 Å². The zero-order valence-corrected chi connectivity index (χ0v) is 12.9. The van der Waals surface area contributed by atoms with Gasteiger partial charge in [0.2, 0.25) is 6.20 Å². The van der Waals surface area contributed by atoms with Crippen molar-refractivity contribution in [3.63, 3.8) is 0 Å². The molecule has 0 aliphatic rings. The van der Waals surface area contributed by atoms with Crippen molar-refractivity contribution in [2.45, 2.75) is 0 Å². The van der Waals surface area contributed by atoms with E-state index in [1.807, 2.05) is 30.3 Å². The second-order valence-corrected chi connectivity index (χ2v) is 4.68. The number of rotatable bonds is 6. The molecule has 24 heavy (non-hydrogen) atoms. The largest absolute Gasteiger partial charge is 0.493 e. The third-order valence-corrected chi connectivity index (χ3v) is 3.00. The maximum atomic E-state index is 11.9. The van der Waals surface area contributed by atoms with Gasteiger partial charge in [0.25, 0.3) is 0 Å². The Morgan fingerprint density at radius 3 is 2.46 bits per heavy atom. The molecule has 0 radical (unpaired) electrons. The Morgan fingerprint density at radius 1 is 1.04 bits per heavy atom. The SMILES string of the molecule is COc1cc(/C=C\[N+](=O)[O-])ccc1OC(=O)/C=C/c1ccccc1. The van der Waals surface area contributed by atoms with Crippen LogP contribution in [0.2, 0.25) is 0 Å². The summed E-state index contributed by atoms with van der Waals surface area (Å²) in [6, 6.07) is 14.0. The van der Waals surface area contributed by atoms with Crippen LogP contribution in [0.3, 0.4) is 0 Å². The molecule has 0 aromatic heterocycles. The lowest BCUT2D eigenvalue weighted by Gasteiger charge is -2.08. The summed E-state index contributed by atoms with van der Waals surface area (Å²) in [5.74, 6) is -0.00818. The van der Waals surface area contributed by atoms with Gasteiger partial charge in [-0.15, -0.1) is 0 Å². The molecule has 6 heteroatoms. The summed E-state index contributed by atoms with van der Waals surface area (Å²) in [4.78, 5) is 21.7. The zero-order chi connectivity index (χ0) is 17.4. The normalized spacial score (nSPS) is 10.9. The third kappa shape index (κ3) is 5.10. The number of nitrogens with zero attached hydrogens (tertiary/aromatic N) is 1. The molecule has 6 nitrogen and oxygen atoms in total. The molecule has 0 N–H and O–H groups in total. The lowest BCUT2D eigenvalue weighted by atomic mass is 10.2. The molecule has 0 aliphatic heterocycles. The minimum Gasteiger partial charge on any atom is -0.493 e. The zero-order valence-electron chi connectivity index (χ0n) is 12.9. The molecular weight excluding hydrogens is 310 g/mol. The van der Waals surface area contributed by atoms with E-state index in [9.17, 15) is 14.9 Å². The number of esters is 1. The first-order valence-corrected chi connectivity index (χ1v) is 7.03. The number of nitro groups is 1. The molecule has 0 unspecified atom stereocenters. The van der Waals surface area contributed by atoms with Gasteiger partial charge in [0, 0.05) is 12.2 Å². The molecule has 0 atom stereocenters. The van der Waals surface area contributed by atoms with Crippen molar-refractivity contribution in [2.24, 2.45) is 0 Å². The number of carbonyl (C=O) groups excluding carboxylic acids is 1. The van der Waals surface area contributed by atoms with Crippen molar-refractivity contribution < 1.29 is 19.2 Å². The minimum atomic E-state index is -0.561. The average molecular weight is 325 g/mol. The highest BCUT2D eigenvalue weighted by atomic mass is 16.6. The Labute approximate surface area is 138 Å². The minimum absolute atomic E-state index is 0.235. The summed E-state index contributed by atoms with van der Waals surface area (Å²) >= 11 is 0. The van der Waals surface area contributed by atoms with E-state index < -0.39 is 10.9 Å². The lowest BCUT2D eigenvalue weighted by molar-refractivity contribution is -0.400. The number of carbonyl (C=O) groups is 1. The van der Waals surface area contributed by atoms with Gasteiger partial charge in [-0.2, -0.15) is 0 Å². The van der Waals surface area contributed by atoms with E-state index in [0.717, 1.165) is 11.8 Å². The van der Waals surface area contributed by atoms with Gasteiger partial charge in [-0.3, -0.25) is 10.1 Å². The molecular formula is C18H15NO5. The summed E-state index contributed by atoms with van der Waals surface area (Å²) < 4.78 is 10.4. The van der Waals surface area contributed by atoms with Crippen molar-refractivity contribution in [2.75, 3.05) is 7.11 Å². The van der Waals surface area contributed by atoms with E-state index in [2.05, 4.69) is 0 Å². The Kier molecular flexibility index (Phi) is 5.85. The predicted octanol–water partition coefficient (Wildman–Crippen LogP) is 3.56. The van der Waals surface area contributed by atoms with Gasteiger partial charge < -0.3 is 9.47 Å². The average Bonchev–Trinajstić information content (AvgIpc) is 2.60. The second-order valence-electron chi connectivity index (χ2n) is 4.68. The lowest BCUT2D eigenvalue weighted by Crippen LogP contribution is -2.05. The molecule has 0 heterocycles. The third-order valence-electron chi connectivity index (χ3n) is 3.00. The summed E-state index contributed by atoms with van der Waals surface area (Å²) in [7, 11) is 1.42. The molecule has 2 aromatic rings. The van der Waals surface area contributed by atoms with Crippen LogP contribution in [0.5, 0.6) is 11.5 Å². The summed E-state index contributed by atoms with van der Waals surface area (Å²) in [5, 5.41) is 10.3. The van der Waals surface area contributed by atoms with Crippen molar-refractivity contribution >= 4 is 18.1 Å². The quantitative estimate of drug-likeness (QED) is 0.267. The highest BCUT2D eigenvalue weighted by Crippen LogP contribution is 2.28. The Hall–Kier alpha value is -3.41. The molecule has 0 saturated carbocycles. The second kappa shape index (κ2) is 8.28. The molecule has 122 valence electrons. The van der Waals surface area contributed by atoms with Gasteiger partial charge in [0.15, 0.2) is 11.5 Å². The fourth-order valence-corrected chi connectivity index (χ4v) is 1.89. The van der Waals surface area contributed by atoms with Gasteiger partial charge in [-0.05, 0) is 29.3 Å². The summed E-state index contributed by atoms with van der Waals surface area (Å²) in [6.45, 7) is 0. The standard InChI is InChI=1S/C18H15NO5/c1-23-17-13-15(11-12-19(21)22)7-9-16(17)24-18(20)10-8-14-5-3-2-4-6-14/h2-13H,1H3/b10-8+,12-11-. The van der Waals surface area contributed by atoms with Crippen molar-refractivity contribution in [3.05, 3.63) is 82.0 Å². The Morgan fingerprint density at radius 2 is 1.79 bits per heavy atom. The maximum Gasteiger partial charge on any atom is 0.336 e. The number of hydrogen-bond donors (Lipinski definition) is 0. The van der Waals surface area contributed by atoms with Crippen LogP contribution in [0.15, 0.2) is 60.8 Å². The van der Waals surface area contributed by atoms with E-state index >= 15 is 0 Å². The molecule has 0 saturated heterocycles. The van der Waals surface area contributed by atoms with Gasteiger partial charge in [-0.25, -0.2) is 4.79 Å². The Bertz CT molecular complexity index is 781. The first kappa shape index (κ1) is 17.0. The maximum absolute atomic E-state index is 11.9. The number of methoxy groups -OCH3 is 1. The first-order valence-electron chi connectivity index (χ1n) is 7.03. The van der Waals surface area contributed by atoms with E-state index in [0.29, 0.717) is 11.3 Å². The van der Waals surface area contributed by atoms with E-state index in [-0.39, 0.29) is 5.75 Å². The number of ether oxygens (including phenoxy) is 2. The van der Waals surface area contributed by atoms with Crippen LogP contribution in [0, 0.1) is 10.1 Å². The van der Waals surface area contributed by atoms with Gasteiger partial charge in [0.1, 0.15) is 0 Å². The van der Waals surface area contributed by atoms with E-state index in [1.54, 1.807) is 18.2 Å². The van der Waals surface area contributed by atoms with Crippen molar-refractivity contribution in [1.29, 1.82) is 0 Å². The van der Waals surface area contributed by atoms with Crippen LogP contribution in [0.4, 0.5) is 0 Å². The van der Waals surface area contributed by atoms with Crippen LogP contribution in [-0.4, -0.2) is 18.0 Å². The highest BCUT2D eigenvalue weighted by Gasteiger charge is 2.08. The van der Waals surface area contributed by atoms with Crippen LogP contribution in [0.25, 0.3) is 12.2 Å². The van der Waals surface area contributed by atoms with Gasteiger partial charge >= 0.3 is 5.97 Å². The fraction of sp³-hybridized carbons (Fsp3) is 0.0556. The van der Waals surface area contributed by atoms with Crippen LogP contribution in [0.1, 0.15) is 11.1 Å².